The average molecular weight is 420 g/mol. The van der Waals surface area contributed by atoms with E-state index in [0.717, 1.165) is 42.5 Å². The number of rotatable bonds is 4. The number of nitrogens with zero attached hydrogens (tertiary/aromatic N) is 1. The van der Waals surface area contributed by atoms with Gasteiger partial charge in [0.05, 0.1) is 11.2 Å². The van der Waals surface area contributed by atoms with Gasteiger partial charge in [-0.2, -0.15) is 0 Å². The van der Waals surface area contributed by atoms with Crippen LogP contribution in [0.2, 0.25) is 0 Å². The number of aliphatic hydroxyl groups is 1. The lowest BCUT2D eigenvalue weighted by Crippen LogP contribution is -2.33. The third-order valence-electron chi connectivity index (χ3n) is 6.74. The summed E-state index contributed by atoms with van der Waals surface area (Å²) in [5.41, 5.74) is 9.96. The lowest BCUT2D eigenvalue weighted by atomic mass is 9.82. The Kier molecular flexibility index (Phi) is 5.56. The molecule has 1 N–H and O–H groups in total. The van der Waals surface area contributed by atoms with E-state index in [0.29, 0.717) is 11.1 Å². The summed E-state index contributed by atoms with van der Waals surface area (Å²) in [6.07, 6.45) is 4.35. The first-order valence-corrected chi connectivity index (χ1v) is 11.0. The third kappa shape index (κ3) is 3.51. The van der Waals surface area contributed by atoms with Crippen LogP contribution >= 0.6 is 0 Å². The normalized spacial score (nSPS) is 19.1. The number of cyclic esters (lactones) is 1. The number of carbonyl (C=O) groups is 2. The van der Waals surface area contributed by atoms with Crippen LogP contribution in [0.25, 0.3) is 16.5 Å². The van der Waals surface area contributed by atoms with Crippen molar-refractivity contribution in [2.45, 2.75) is 66.4 Å². The van der Waals surface area contributed by atoms with Gasteiger partial charge in [0.25, 0.3) is 0 Å². The molecule has 0 unspecified atom stereocenters. The Morgan fingerprint density at radius 2 is 1.97 bits per heavy atom. The van der Waals surface area contributed by atoms with Crippen LogP contribution in [0, 0.1) is 13.8 Å². The molecule has 0 saturated heterocycles. The number of Topliss-reactive ketones (excluding diaryl/α,β-unsaturated/α-hetero) is 1. The number of hydrogen-bond acceptors (Lipinski definition) is 5. The molecule has 0 fully saturated rings. The van der Waals surface area contributed by atoms with Gasteiger partial charge in [0.2, 0.25) is 0 Å². The summed E-state index contributed by atoms with van der Waals surface area (Å²) in [7, 11) is 0. The zero-order valence-corrected chi connectivity index (χ0v) is 18.9. The van der Waals surface area contributed by atoms with E-state index in [1.165, 1.54) is 40.1 Å². The zero-order valence-electron chi connectivity index (χ0n) is 18.9. The molecule has 0 saturated carbocycles. The lowest BCUT2D eigenvalue weighted by Gasteiger charge is -2.25. The standard InChI is InChI=1S/C26H29NO4/c1-6-17-19-9-7-8-18-15(4)13(2)11-22(23(18)19)27-24(17)14(3)10-20-21(16(5)28)12-31-26(30)25(20)29/h10-11,25,29H,6-9,12H2,1-5H3/b14-10+/t25-/m0/s1. The summed E-state index contributed by atoms with van der Waals surface area (Å²) in [6.45, 7) is 9.71. The number of aromatic nitrogens is 1. The van der Waals surface area contributed by atoms with Crippen molar-refractivity contribution in [1.29, 1.82) is 0 Å². The Hall–Kier alpha value is -2.79. The van der Waals surface area contributed by atoms with Gasteiger partial charge >= 0.3 is 5.97 Å². The minimum absolute atomic E-state index is 0.108. The average Bonchev–Trinajstić information content (AvgIpc) is 2.74. The van der Waals surface area contributed by atoms with E-state index >= 15 is 0 Å². The summed E-state index contributed by atoms with van der Waals surface area (Å²) in [5.74, 6) is -0.935. The Morgan fingerprint density at radius 3 is 2.65 bits per heavy atom. The summed E-state index contributed by atoms with van der Waals surface area (Å²) in [6, 6.07) is 2.16. The molecular weight excluding hydrogens is 390 g/mol. The maximum Gasteiger partial charge on any atom is 0.340 e. The number of aliphatic hydroxyl groups excluding tert-OH is 1. The number of esters is 1. The smallest absolute Gasteiger partial charge is 0.340 e. The fourth-order valence-electron chi connectivity index (χ4n) is 4.98. The molecule has 2 heterocycles. The summed E-state index contributed by atoms with van der Waals surface area (Å²) in [4.78, 5) is 29.1. The molecule has 1 aliphatic carbocycles. The van der Waals surface area contributed by atoms with E-state index in [1.807, 2.05) is 6.92 Å². The van der Waals surface area contributed by atoms with Crippen molar-refractivity contribution >= 4 is 28.2 Å². The third-order valence-corrected chi connectivity index (χ3v) is 6.74. The number of hydrogen-bond donors (Lipinski definition) is 1. The van der Waals surface area contributed by atoms with Gasteiger partial charge in [-0.3, -0.25) is 4.79 Å². The molecule has 4 rings (SSSR count). The van der Waals surface area contributed by atoms with Crippen LogP contribution in [0.3, 0.4) is 0 Å². The van der Waals surface area contributed by atoms with Gasteiger partial charge in [-0.15, -0.1) is 0 Å². The number of pyridine rings is 1. The number of ketones is 1. The van der Waals surface area contributed by atoms with Crippen molar-refractivity contribution in [3.05, 3.63) is 56.8 Å². The fourth-order valence-corrected chi connectivity index (χ4v) is 4.98. The SMILES string of the molecule is CCc1c(/C(C)=C/C2=C(C(C)=O)COC(=O)[C@H]2O)nc2cc(C)c(C)c3c2c1CCC3. The molecule has 1 atom stereocenters. The number of allylic oxidation sites excluding steroid dienone is 1. The van der Waals surface area contributed by atoms with Crippen LogP contribution in [0.15, 0.2) is 23.3 Å². The lowest BCUT2D eigenvalue weighted by molar-refractivity contribution is -0.152. The molecule has 0 bridgehead atoms. The van der Waals surface area contributed by atoms with E-state index in [1.54, 1.807) is 6.08 Å². The number of carbonyl (C=O) groups excluding carboxylic acids is 2. The molecule has 1 aromatic heterocycles. The van der Waals surface area contributed by atoms with E-state index in [9.17, 15) is 14.7 Å². The van der Waals surface area contributed by atoms with Gasteiger partial charge in [-0.25, -0.2) is 9.78 Å². The summed E-state index contributed by atoms with van der Waals surface area (Å²) >= 11 is 0. The fraction of sp³-hybridized carbons (Fsp3) is 0.423. The monoisotopic (exact) mass is 419 g/mol. The number of aryl methyl sites for hydroxylation is 3. The van der Waals surface area contributed by atoms with Gasteiger partial charge in [-0.1, -0.05) is 13.0 Å². The molecule has 162 valence electrons. The minimum Gasteiger partial charge on any atom is -0.458 e. The van der Waals surface area contributed by atoms with Crippen molar-refractivity contribution in [2.75, 3.05) is 6.61 Å². The number of ether oxygens (including phenoxy) is 1. The highest BCUT2D eigenvalue weighted by Crippen LogP contribution is 2.38. The van der Waals surface area contributed by atoms with Gasteiger partial charge in [0.1, 0.15) is 6.61 Å². The predicted molar refractivity (Wildman–Crippen MR) is 121 cm³/mol. The first-order chi connectivity index (χ1) is 14.7. The highest BCUT2D eigenvalue weighted by molar-refractivity contribution is 5.99. The quantitative estimate of drug-likeness (QED) is 0.755. The molecule has 1 aliphatic heterocycles. The van der Waals surface area contributed by atoms with Crippen LogP contribution in [0.5, 0.6) is 0 Å². The molecule has 1 aromatic carbocycles. The van der Waals surface area contributed by atoms with Crippen LogP contribution < -0.4 is 0 Å². The molecular formula is C26H29NO4. The Morgan fingerprint density at radius 1 is 1.26 bits per heavy atom. The summed E-state index contributed by atoms with van der Waals surface area (Å²) in [5, 5.41) is 11.7. The maximum atomic E-state index is 12.1. The topological polar surface area (TPSA) is 76.5 Å². The molecule has 5 nitrogen and oxygen atoms in total. The van der Waals surface area contributed by atoms with Crippen molar-refractivity contribution in [3.8, 4) is 0 Å². The predicted octanol–water partition coefficient (Wildman–Crippen LogP) is 4.11. The zero-order chi connectivity index (χ0) is 22.4. The highest BCUT2D eigenvalue weighted by Gasteiger charge is 2.31. The molecule has 0 radical (unpaired) electrons. The van der Waals surface area contributed by atoms with Crippen molar-refractivity contribution in [2.24, 2.45) is 0 Å². The van der Waals surface area contributed by atoms with Crippen molar-refractivity contribution < 1.29 is 19.4 Å². The Bertz CT molecular complexity index is 1190. The largest absolute Gasteiger partial charge is 0.458 e. The second kappa shape index (κ2) is 8.04. The first kappa shape index (κ1) is 21.4. The van der Waals surface area contributed by atoms with E-state index < -0.39 is 12.1 Å². The molecule has 0 amide bonds. The minimum atomic E-state index is -1.46. The Labute approximate surface area is 182 Å². The second-order valence-corrected chi connectivity index (χ2v) is 8.64. The van der Waals surface area contributed by atoms with Gasteiger partial charge in [0, 0.05) is 16.5 Å². The molecule has 2 aromatic rings. The van der Waals surface area contributed by atoms with Gasteiger partial charge in [-0.05, 0) is 92.8 Å². The van der Waals surface area contributed by atoms with Crippen LogP contribution in [-0.4, -0.2) is 34.6 Å². The Balaban J connectivity index is 1.97. The maximum absolute atomic E-state index is 12.1. The number of benzene rings is 1. The van der Waals surface area contributed by atoms with Crippen LogP contribution in [0.4, 0.5) is 0 Å². The second-order valence-electron chi connectivity index (χ2n) is 8.64. The van der Waals surface area contributed by atoms with Crippen molar-refractivity contribution in [1.82, 2.24) is 4.98 Å². The molecule has 0 spiro atoms. The summed E-state index contributed by atoms with van der Waals surface area (Å²) < 4.78 is 4.95. The van der Waals surface area contributed by atoms with Crippen molar-refractivity contribution in [3.63, 3.8) is 0 Å². The highest BCUT2D eigenvalue weighted by atomic mass is 16.5. The molecule has 5 heteroatoms. The molecule has 2 aliphatic rings. The van der Waals surface area contributed by atoms with E-state index in [4.69, 9.17) is 9.72 Å². The first-order valence-electron chi connectivity index (χ1n) is 11.0. The van der Waals surface area contributed by atoms with Crippen LogP contribution in [0.1, 0.15) is 60.7 Å². The van der Waals surface area contributed by atoms with E-state index in [2.05, 4.69) is 26.8 Å². The molecule has 31 heavy (non-hydrogen) atoms. The van der Waals surface area contributed by atoms with Crippen LogP contribution in [-0.2, 0) is 33.6 Å². The van der Waals surface area contributed by atoms with Gasteiger partial charge in [0.15, 0.2) is 11.9 Å². The van der Waals surface area contributed by atoms with Gasteiger partial charge < -0.3 is 9.84 Å². The van der Waals surface area contributed by atoms with E-state index in [-0.39, 0.29) is 12.4 Å².